The van der Waals surface area contributed by atoms with Gasteiger partial charge >= 0.3 is 194 Å². The molecule has 0 saturated carbocycles. The van der Waals surface area contributed by atoms with Crippen molar-refractivity contribution in [3.8, 4) is 0 Å². The SMILES string of the molecule is CC(C)[C@H](CC(=O)CCCNC(=O)CN1CCN2CCN3CCN(CC1)CC(=O)[O][Ga]([O]C(=O)C2)[O]C(=O)C3)C(=O)N[C@H](C)C(=O)N1CCC[C@H]1B(O)O. The molecule has 4 aliphatic rings. The number of fused-ring (bicyclic) bond motifs is 7. The molecule has 54 heavy (non-hydrogen) atoms. The van der Waals surface area contributed by atoms with Gasteiger partial charge in [-0.05, 0) is 25.7 Å². The Morgan fingerprint density at radius 2 is 1.33 bits per heavy atom. The van der Waals surface area contributed by atoms with E-state index >= 15 is 0 Å². The molecule has 4 fully saturated rings. The molecule has 3 amide bonds. The number of carbonyl (C=O) groups is 7. The third-order valence-electron chi connectivity index (χ3n) is 10.2. The van der Waals surface area contributed by atoms with Gasteiger partial charge in [0.25, 0.3) is 0 Å². The third-order valence-corrected chi connectivity index (χ3v) is 13.1. The van der Waals surface area contributed by atoms with Crippen LogP contribution in [-0.2, 0) is 44.1 Å². The molecule has 0 spiro atoms. The first-order valence-electron chi connectivity index (χ1n) is 18.9. The Bertz CT molecular complexity index is 1330. The topological polar surface area (TPSA) is 228 Å². The van der Waals surface area contributed by atoms with Crippen LogP contribution in [0.15, 0.2) is 0 Å². The van der Waals surface area contributed by atoms with E-state index in [1.165, 1.54) is 4.90 Å². The zero-order chi connectivity index (χ0) is 39.4. The summed E-state index contributed by atoms with van der Waals surface area (Å²) >= 11 is -3.95. The summed E-state index contributed by atoms with van der Waals surface area (Å²) in [7, 11) is -1.66. The first kappa shape index (κ1) is 43.7. The predicted octanol–water partition coefficient (Wildman–Crippen LogP) is -3.51. The summed E-state index contributed by atoms with van der Waals surface area (Å²) < 4.78 is 16.1. The minimum atomic E-state index is -3.95. The molecule has 5 atom stereocenters. The predicted molar refractivity (Wildman–Crippen MR) is 193 cm³/mol. The van der Waals surface area contributed by atoms with E-state index in [1.54, 1.807) is 6.92 Å². The van der Waals surface area contributed by atoms with Crippen LogP contribution in [0.1, 0.15) is 52.9 Å². The zero-order valence-electron chi connectivity index (χ0n) is 31.6. The van der Waals surface area contributed by atoms with E-state index in [4.69, 9.17) is 10.6 Å². The molecular weight excluding hydrogens is 767 g/mol. The van der Waals surface area contributed by atoms with E-state index in [0.717, 1.165) is 0 Å². The van der Waals surface area contributed by atoms with Crippen LogP contribution in [0.4, 0.5) is 0 Å². The molecule has 4 saturated heterocycles. The van der Waals surface area contributed by atoms with E-state index in [-0.39, 0.29) is 63.2 Å². The molecule has 4 rings (SSSR count). The fourth-order valence-corrected chi connectivity index (χ4v) is 9.15. The number of Topliss-reactive ketones (excluding diaryl/α,β-unsaturated/α-hetero) is 1. The summed E-state index contributed by atoms with van der Waals surface area (Å²) in [5.41, 5.74) is 0. The van der Waals surface area contributed by atoms with Crippen molar-refractivity contribution in [3.05, 3.63) is 0 Å². The summed E-state index contributed by atoms with van der Waals surface area (Å²) in [5.74, 6) is -4.65. The maximum atomic E-state index is 13.2. The van der Waals surface area contributed by atoms with Gasteiger partial charge in [0.2, 0.25) is 11.8 Å². The second-order valence-corrected chi connectivity index (χ2v) is 17.5. The summed E-state index contributed by atoms with van der Waals surface area (Å²) in [6.45, 7) is 9.38. The number of likely N-dealkylation sites (tertiary alicyclic amines) is 1. The Labute approximate surface area is 322 Å². The number of hydrogen-bond donors (Lipinski definition) is 4. The van der Waals surface area contributed by atoms with Crippen LogP contribution in [0, 0.1) is 11.8 Å². The van der Waals surface area contributed by atoms with Crippen LogP contribution < -0.4 is 10.6 Å². The summed E-state index contributed by atoms with van der Waals surface area (Å²) in [6, 6.07) is -0.897. The standard InChI is InChI=1S/C33H58BN7O12.Ga/c1-23(2)26(32(50)36-24(3)33(51)41-9-5-7-27(41)34(52)53)18-25(42)6-4-8-35-28(43)19-37-10-12-38(20-29(44)45)14-16-40(22-31(48)49)17-15-39(13-11-37)21-30(46)47;/h23-24,26-27,52-53H,4-22H2,1-3H3,(H,35,43)(H,36,50)(H,44,45)(H,46,47)(H,48,49);/q;+3/p-3/t24-,26+,27+;/m1./s1. The Hall–Kier alpha value is -3.05. The number of ketones is 1. The van der Waals surface area contributed by atoms with Crippen molar-refractivity contribution in [1.29, 1.82) is 0 Å². The molecule has 4 aliphatic heterocycles. The van der Waals surface area contributed by atoms with Crippen LogP contribution in [0.2, 0.25) is 0 Å². The van der Waals surface area contributed by atoms with Crippen LogP contribution in [0.25, 0.3) is 0 Å². The number of nitrogens with zero attached hydrogens (tertiary/aromatic N) is 5. The molecule has 300 valence electrons. The van der Waals surface area contributed by atoms with Gasteiger partial charge in [-0.25, -0.2) is 0 Å². The Morgan fingerprint density at radius 3 is 1.83 bits per heavy atom. The van der Waals surface area contributed by atoms with E-state index in [9.17, 15) is 43.6 Å². The smallest absolute Gasteiger partial charge is 0.426 e. The first-order valence-corrected chi connectivity index (χ1v) is 21.9. The van der Waals surface area contributed by atoms with Crippen molar-refractivity contribution < 1.29 is 54.2 Å². The number of rotatable bonds is 13. The molecule has 4 heterocycles. The fourth-order valence-electron chi connectivity index (χ4n) is 7.02. The Balaban J connectivity index is 1.25. The molecule has 0 aromatic rings. The zero-order valence-corrected chi connectivity index (χ0v) is 34.0. The molecular formula is C33H55BGaN7O12. The normalized spacial score (nSPS) is 25.6. The van der Waals surface area contributed by atoms with Gasteiger partial charge in [0.1, 0.15) is 11.8 Å². The average molecular weight is 822 g/mol. The maximum absolute atomic E-state index is 13.2. The van der Waals surface area contributed by atoms with Gasteiger partial charge in [-0.15, -0.1) is 0 Å². The number of nitrogens with one attached hydrogen (secondary N) is 2. The van der Waals surface area contributed by atoms with Gasteiger partial charge in [-0.3, -0.25) is 14.4 Å². The quantitative estimate of drug-likeness (QED) is 0.104. The molecule has 0 radical (unpaired) electrons. The monoisotopic (exact) mass is 821 g/mol. The molecule has 21 heteroatoms. The minimum Gasteiger partial charge on any atom is -0.426 e. The van der Waals surface area contributed by atoms with Crippen molar-refractivity contribution in [2.24, 2.45) is 11.8 Å². The van der Waals surface area contributed by atoms with Gasteiger partial charge in [0.15, 0.2) is 0 Å². The van der Waals surface area contributed by atoms with E-state index in [0.29, 0.717) is 78.2 Å². The van der Waals surface area contributed by atoms with Crippen molar-refractivity contribution in [2.45, 2.75) is 64.9 Å². The minimum absolute atomic E-state index is 0.00937. The average Bonchev–Trinajstić information content (AvgIpc) is 3.58. The molecule has 2 unspecified atom stereocenters. The van der Waals surface area contributed by atoms with Crippen LogP contribution >= 0.6 is 0 Å². The number of hydrogen-bond acceptors (Lipinski definition) is 16. The molecule has 0 aliphatic carbocycles. The van der Waals surface area contributed by atoms with Crippen LogP contribution in [0.3, 0.4) is 0 Å². The second kappa shape index (κ2) is 21.3. The van der Waals surface area contributed by atoms with E-state index < -0.39 is 72.1 Å². The van der Waals surface area contributed by atoms with Crippen molar-refractivity contribution in [2.75, 3.05) is 91.6 Å². The molecule has 0 aromatic heterocycles. The third kappa shape index (κ3) is 13.9. The molecule has 4 N–H and O–H groups in total. The van der Waals surface area contributed by atoms with Gasteiger partial charge < -0.3 is 20.3 Å². The fraction of sp³-hybridized carbons (Fsp3) is 0.788. The van der Waals surface area contributed by atoms with Crippen molar-refractivity contribution in [3.63, 3.8) is 0 Å². The van der Waals surface area contributed by atoms with Crippen LogP contribution in [-0.4, -0.2) is 204 Å². The van der Waals surface area contributed by atoms with Crippen LogP contribution in [0.5, 0.6) is 0 Å². The first-order chi connectivity index (χ1) is 25.7. The number of amides is 3. The van der Waals surface area contributed by atoms with E-state index in [1.807, 2.05) is 33.4 Å². The molecule has 0 aromatic carbocycles. The second-order valence-electron chi connectivity index (χ2n) is 14.8. The summed E-state index contributed by atoms with van der Waals surface area (Å²) in [4.78, 5) is 99.2. The van der Waals surface area contributed by atoms with Crippen molar-refractivity contribution >= 4 is 65.8 Å². The van der Waals surface area contributed by atoms with Crippen molar-refractivity contribution in [1.82, 2.24) is 35.1 Å². The van der Waals surface area contributed by atoms with E-state index in [2.05, 4.69) is 10.6 Å². The molecule has 4 bridgehead atoms. The van der Waals surface area contributed by atoms with Gasteiger partial charge in [0, 0.05) is 25.3 Å². The summed E-state index contributed by atoms with van der Waals surface area (Å²) in [5, 5.41) is 24.8. The van der Waals surface area contributed by atoms with Gasteiger partial charge in [0.05, 0.1) is 5.94 Å². The molecule has 19 nitrogen and oxygen atoms in total. The summed E-state index contributed by atoms with van der Waals surface area (Å²) in [6.07, 6.45) is 1.59. The van der Waals surface area contributed by atoms with Gasteiger partial charge in [-0.2, -0.15) is 0 Å². The Kier molecular flexibility index (Phi) is 17.2. The van der Waals surface area contributed by atoms with Gasteiger partial charge in [-0.1, -0.05) is 13.8 Å². The maximum Gasteiger partial charge on any atom is 0.475 e. The largest absolute Gasteiger partial charge is 0.475 e. The number of carbonyl (C=O) groups excluding carboxylic acids is 7. The Morgan fingerprint density at radius 1 is 0.815 bits per heavy atom.